The molecule has 7 heteroatoms. The number of thiocarbonyl (C=S) groups is 1. The summed E-state index contributed by atoms with van der Waals surface area (Å²) in [6, 6.07) is 10.3. The summed E-state index contributed by atoms with van der Waals surface area (Å²) in [5.74, 6) is 1.64. The van der Waals surface area contributed by atoms with Gasteiger partial charge in [-0.2, -0.15) is 0 Å². The molecular formula is C16H15Cl2NO3S. The third-order valence-corrected chi connectivity index (χ3v) is 3.72. The Morgan fingerprint density at radius 2 is 1.70 bits per heavy atom. The summed E-state index contributed by atoms with van der Waals surface area (Å²) in [6.07, 6.45) is 0. The predicted molar refractivity (Wildman–Crippen MR) is 96.3 cm³/mol. The highest BCUT2D eigenvalue weighted by Crippen LogP contribution is 2.29. The highest BCUT2D eigenvalue weighted by Gasteiger charge is 2.08. The van der Waals surface area contributed by atoms with Crippen LogP contribution in [0.1, 0.15) is 5.56 Å². The average molecular weight is 372 g/mol. The molecule has 23 heavy (non-hydrogen) atoms. The zero-order valence-corrected chi connectivity index (χ0v) is 14.7. The molecule has 122 valence electrons. The quantitative estimate of drug-likeness (QED) is 0.586. The van der Waals surface area contributed by atoms with Crippen LogP contribution in [0.5, 0.6) is 17.2 Å². The van der Waals surface area contributed by atoms with Gasteiger partial charge < -0.3 is 19.9 Å². The third-order valence-electron chi connectivity index (χ3n) is 2.94. The van der Waals surface area contributed by atoms with Gasteiger partial charge in [0, 0.05) is 16.7 Å². The van der Waals surface area contributed by atoms with E-state index in [2.05, 4.69) is 0 Å². The van der Waals surface area contributed by atoms with E-state index >= 15 is 0 Å². The Labute approximate surface area is 150 Å². The predicted octanol–water partition coefficient (Wildman–Crippen LogP) is 4.09. The highest BCUT2D eigenvalue weighted by atomic mass is 35.5. The molecular weight excluding hydrogens is 357 g/mol. The van der Waals surface area contributed by atoms with Crippen molar-refractivity contribution in [1.29, 1.82) is 0 Å². The van der Waals surface area contributed by atoms with Crippen molar-refractivity contribution in [2.24, 2.45) is 5.73 Å². The fourth-order valence-electron chi connectivity index (χ4n) is 1.83. The van der Waals surface area contributed by atoms with Crippen LogP contribution < -0.4 is 19.9 Å². The normalized spacial score (nSPS) is 10.2. The molecule has 0 heterocycles. The van der Waals surface area contributed by atoms with E-state index in [0.717, 1.165) is 0 Å². The van der Waals surface area contributed by atoms with Crippen LogP contribution in [-0.4, -0.2) is 25.3 Å². The van der Waals surface area contributed by atoms with E-state index in [-0.39, 0.29) is 0 Å². The largest absolute Gasteiger partial charge is 0.493 e. The Bertz CT molecular complexity index is 710. The Hall–Kier alpha value is -1.69. The Balaban J connectivity index is 1.97. The minimum atomic E-state index is 0.291. The van der Waals surface area contributed by atoms with Crippen LogP contribution in [0.15, 0.2) is 36.4 Å². The maximum atomic E-state index is 6.02. The van der Waals surface area contributed by atoms with Gasteiger partial charge in [-0.05, 0) is 30.3 Å². The summed E-state index contributed by atoms with van der Waals surface area (Å²) >= 11 is 16.9. The van der Waals surface area contributed by atoms with Crippen molar-refractivity contribution in [2.45, 2.75) is 0 Å². The van der Waals surface area contributed by atoms with E-state index in [9.17, 15) is 0 Å². The van der Waals surface area contributed by atoms with Crippen LogP contribution in [-0.2, 0) is 0 Å². The van der Waals surface area contributed by atoms with Crippen LogP contribution in [0.4, 0.5) is 0 Å². The summed E-state index contributed by atoms with van der Waals surface area (Å²) in [6.45, 7) is 0.584. The van der Waals surface area contributed by atoms with Crippen molar-refractivity contribution >= 4 is 40.4 Å². The van der Waals surface area contributed by atoms with Gasteiger partial charge in [0.1, 0.15) is 24.0 Å². The lowest BCUT2D eigenvalue weighted by molar-refractivity contribution is 0.211. The number of benzene rings is 2. The average Bonchev–Trinajstić information content (AvgIpc) is 2.54. The van der Waals surface area contributed by atoms with Crippen molar-refractivity contribution in [3.63, 3.8) is 0 Å². The molecule has 0 aliphatic heterocycles. The van der Waals surface area contributed by atoms with Gasteiger partial charge in [0.25, 0.3) is 0 Å². The van der Waals surface area contributed by atoms with Crippen molar-refractivity contribution < 1.29 is 14.2 Å². The van der Waals surface area contributed by atoms with Crippen LogP contribution in [0.3, 0.4) is 0 Å². The third kappa shape index (κ3) is 4.89. The molecule has 0 saturated carbocycles. The summed E-state index contributed by atoms with van der Waals surface area (Å²) in [5.41, 5.74) is 6.32. The van der Waals surface area contributed by atoms with Crippen LogP contribution >= 0.6 is 35.4 Å². The van der Waals surface area contributed by atoms with Gasteiger partial charge in [0.2, 0.25) is 0 Å². The molecule has 2 rings (SSSR count). The second-order valence-corrected chi connectivity index (χ2v) is 5.79. The minimum absolute atomic E-state index is 0.291. The molecule has 0 fully saturated rings. The molecule has 0 bridgehead atoms. The number of hydrogen-bond donors (Lipinski definition) is 1. The van der Waals surface area contributed by atoms with Gasteiger partial charge in [0.15, 0.2) is 11.5 Å². The standard InChI is InChI=1S/C16H15Cl2NO3S/c1-20-13-5-2-10(16(19)23)8-15(13)22-7-6-21-14-9-11(17)3-4-12(14)18/h2-5,8-9H,6-7H2,1H3,(H2,19,23). The molecule has 2 aromatic carbocycles. The molecule has 0 saturated heterocycles. The number of methoxy groups -OCH3 is 1. The molecule has 0 atom stereocenters. The van der Waals surface area contributed by atoms with Crippen LogP contribution in [0.2, 0.25) is 10.0 Å². The molecule has 2 N–H and O–H groups in total. The van der Waals surface area contributed by atoms with Crippen LogP contribution in [0, 0.1) is 0 Å². The number of hydrogen-bond acceptors (Lipinski definition) is 4. The second kappa shape index (κ2) is 8.24. The van der Waals surface area contributed by atoms with Gasteiger partial charge in [-0.3, -0.25) is 0 Å². The molecule has 0 aromatic heterocycles. The SMILES string of the molecule is COc1ccc(C(N)=S)cc1OCCOc1cc(Cl)ccc1Cl. The van der Waals surface area contributed by atoms with Gasteiger partial charge in [-0.15, -0.1) is 0 Å². The van der Waals surface area contributed by atoms with Crippen LogP contribution in [0.25, 0.3) is 0 Å². The molecule has 0 aliphatic rings. The Morgan fingerprint density at radius 3 is 2.35 bits per heavy atom. The number of nitrogens with two attached hydrogens (primary N) is 1. The van der Waals surface area contributed by atoms with E-state index in [4.69, 9.17) is 55.4 Å². The maximum absolute atomic E-state index is 6.02. The fraction of sp³-hybridized carbons (Fsp3) is 0.188. The van der Waals surface area contributed by atoms with Crippen molar-refractivity contribution in [1.82, 2.24) is 0 Å². The molecule has 4 nitrogen and oxygen atoms in total. The number of halogens is 2. The van der Waals surface area contributed by atoms with Crippen molar-refractivity contribution in [3.05, 3.63) is 52.0 Å². The molecule has 0 spiro atoms. The van der Waals surface area contributed by atoms with E-state index < -0.39 is 0 Å². The monoisotopic (exact) mass is 371 g/mol. The zero-order chi connectivity index (χ0) is 16.8. The van der Waals surface area contributed by atoms with E-state index in [0.29, 0.717) is 51.1 Å². The molecule has 0 amide bonds. The first-order chi connectivity index (χ1) is 11.0. The Kier molecular flexibility index (Phi) is 6.33. The van der Waals surface area contributed by atoms with E-state index in [1.165, 1.54) is 0 Å². The lowest BCUT2D eigenvalue weighted by Gasteiger charge is -2.13. The first-order valence-electron chi connectivity index (χ1n) is 6.69. The number of ether oxygens (including phenoxy) is 3. The van der Waals surface area contributed by atoms with Gasteiger partial charge in [0.05, 0.1) is 12.1 Å². The van der Waals surface area contributed by atoms with Gasteiger partial charge in [-0.1, -0.05) is 35.4 Å². The molecule has 0 unspecified atom stereocenters. The second-order valence-electron chi connectivity index (χ2n) is 4.50. The molecule has 0 aliphatic carbocycles. The summed E-state index contributed by atoms with van der Waals surface area (Å²) < 4.78 is 16.5. The maximum Gasteiger partial charge on any atom is 0.162 e. The van der Waals surface area contributed by atoms with Gasteiger partial charge >= 0.3 is 0 Å². The molecule has 0 radical (unpaired) electrons. The smallest absolute Gasteiger partial charge is 0.162 e. The summed E-state index contributed by atoms with van der Waals surface area (Å²) in [5, 5.41) is 1.04. The topological polar surface area (TPSA) is 53.7 Å². The highest BCUT2D eigenvalue weighted by molar-refractivity contribution is 7.80. The summed E-state index contributed by atoms with van der Waals surface area (Å²) in [7, 11) is 1.56. The van der Waals surface area contributed by atoms with Crippen molar-refractivity contribution in [3.8, 4) is 17.2 Å². The first-order valence-corrected chi connectivity index (χ1v) is 7.86. The lowest BCUT2D eigenvalue weighted by Crippen LogP contribution is -2.12. The van der Waals surface area contributed by atoms with E-state index in [1.54, 1.807) is 43.5 Å². The zero-order valence-electron chi connectivity index (χ0n) is 12.3. The Morgan fingerprint density at radius 1 is 1.00 bits per heavy atom. The first kappa shape index (κ1) is 17.7. The fourth-order valence-corrected chi connectivity index (χ4v) is 2.29. The number of rotatable bonds is 7. The lowest BCUT2D eigenvalue weighted by atomic mass is 10.2. The van der Waals surface area contributed by atoms with Crippen molar-refractivity contribution in [2.75, 3.05) is 20.3 Å². The molecule has 2 aromatic rings. The summed E-state index contributed by atoms with van der Waals surface area (Å²) in [4.78, 5) is 0.291. The van der Waals surface area contributed by atoms with Gasteiger partial charge in [-0.25, -0.2) is 0 Å². The minimum Gasteiger partial charge on any atom is -0.493 e. The van der Waals surface area contributed by atoms with E-state index in [1.807, 2.05) is 0 Å².